The summed E-state index contributed by atoms with van der Waals surface area (Å²) in [5.41, 5.74) is -0.820. The van der Waals surface area contributed by atoms with Crippen molar-refractivity contribution in [2.75, 3.05) is 0 Å². The van der Waals surface area contributed by atoms with Crippen LogP contribution in [-0.4, -0.2) is 21.5 Å². The number of nitrogens with one attached hydrogen (secondary N) is 2. The summed E-state index contributed by atoms with van der Waals surface area (Å²) < 4.78 is 0. The minimum Gasteiger partial charge on any atom is -0.320 e. The number of aromatic nitrogens is 3. The van der Waals surface area contributed by atoms with Crippen molar-refractivity contribution in [3.63, 3.8) is 0 Å². The molecular formula is C12H6ClN3O3. The van der Waals surface area contributed by atoms with Gasteiger partial charge in [-0.2, -0.15) is 5.10 Å². The number of aldehydes is 1. The molecule has 0 aliphatic heterocycles. The van der Waals surface area contributed by atoms with Gasteiger partial charge in [-0.25, -0.2) is 0 Å². The number of carbonyl (C=O) groups excluding carboxylic acids is 1. The molecule has 0 spiro atoms. The van der Waals surface area contributed by atoms with Crippen LogP contribution in [0.25, 0.3) is 21.8 Å². The standard InChI is InChI=1S/C12H6ClN3O3/c13-5-1-2-6-7(3-5)14-12(19)10-9(11(6)18)8(4-17)15-16-10/h1-4H,(H,14,19)(H,15,16). The van der Waals surface area contributed by atoms with Crippen molar-refractivity contribution in [1.82, 2.24) is 15.2 Å². The monoisotopic (exact) mass is 275 g/mol. The number of benzene rings is 1. The van der Waals surface area contributed by atoms with Crippen LogP contribution in [0.2, 0.25) is 5.02 Å². The molecule has 2 N–H and O–H groups in total. The molecule has 0 atom stereocenters. The van der Waals surface area contributed by atoms with Gasteiger partial charge in [0.2, 0.25) is 0 Å². The second-order valence-electron chi connectivity index (χ2n) is 3.95. The number of H-pyrrole nitrogens is 2. The fourth-order valence-corrected chi connectivity index (χ4v) is 2.14. The summed E-state index contributed by atoms with van der Waals surface area (Å²) in [5, 5.41) is 6.71. The van der Waals surface area contributed by atoms with Gasteiger partial charge in [0.15, 0.2) is 17.2 Å². The average molecular weight is 276 g/mol. The topological polar surface area (TPSA) is 95.7 Å². The lowest BCUT2D eigenvalue weighted by Crippen LogP contribution is -2.03. The molecule has 0 fully saturated rings. The molecule has 3 aromatic rings. The minimum atomic E-state index is -0.561. The van der Waals surface area contributed by atoms with E-state index in [1.165, 1.54) is 18.2 Å². The molecule has 0 saturated carbocycles. The Morgan fingerprint density at radius 1 is 1.26 bits per heavy atom. The Morgan fingerprint density at radius 2 is 2.05 bits per heavy atom. The van der Waals surface area contributed by atoms with E-state index in [1.807, 2.05) is 0 Å². The number of rotatable bonds is 1. The quantitative estimate of drug-likeness (QED) is 0.653. The van der Waals surface area contributed by atoms with Crippen LogP contribution in [-0.2, 0) is 0 Å². The van der Waals surface area contributed by atoms with Crippen LogP contribution < -0.4 is 11.0 Å². The molecule has 6 nitrogen and oxygen atoms in total. The van der Waals surface area contributed by atoms with E-state index in [0.29, 0.717) is 16.8 Å². The number of hydrogen-bond acceptors (Lipinski definition) is 4. The minimum absolute atomic E-state index is 0.0158. The van der Waals surface area contributed by atoms with Crippen molar-refractivity contribution >= 4 is 39.7 Å². The number of carbonyl (C=O) groups is 1. The molecule has 3 rings (SSSR count). The van der Waals surface area contributed by atoms with Gasteiger partial charge in [0.1, 0.15) is 5.69 Å². The number of nitrogens with zero attached hydrogens (tertiary/aromatic N) is 1. The van der Waals surface area contributed by atoms with Crippen LogP contribution in [0.5, 0.6) is 0 Å². The van der Waals surface area contributed by atoms with Crippen molar-refractivity contribution in [3.05, 3.63) is 49.5 Å². The molecule has 0 aliphatic rings. The summed E-state index contributed by atoms with van der Waals surface area (Å²) in [5.74, 6) is 0. The first-order chi connectivity index (χ1) is 9.11. The highest BCUT2D eigenvalue weighted by molar-refractivity contribution is 6.31. The molecule has 94 valence electrons. The highest BCUT2D eigenvalue weighted by Gasteiger charge is 2.13. The number of hydrogen-bond donors (Lipinski definition) is 2. The normalized spacial score (nSPS) is 11.0. The van der Waals surface area contributed by atoms with E-state index in [1.54, 1.807) is 0 Å². The number of halogens is 1. The van der Waals surface area contributed by atoms with Crippen LogP contribution in [0.1, 0.15) is 10.5 Å². The van der Waals surface area contributed by atoms with Crippen molar-refractivity contribution in [1.29, 1.82) is 0 Å². The number of aromatic amines is 2. The Balaban J connectivity index is 2.73. The molecule has 2 heterocycles. The molecule has 1 aromatic carbocycles. The van der Waals surface area contributed by atoms with Crippen LogP contribution in [0.4, 0.5) is 0 Å². The van der Waals surface area contributed by atoms with E-state index in [0.717, 1.165) is 0 Å². The first-order valence-electron chi connectivity index (χ1n) is 5.31. The lowest BCUT2D eigenvalue weighted by Gasteiger charge is -1.92. The smallest absolute Gasteiger partial charge is 0.276 e. The van der Waals surface area contributed by atoms with Gasteiger partial charge in [-0.1, -0.05) is 11.6 Å². The molecule has 0 unspecified atom stereocenters. The van der Waals surface area contributed by atoms with Gasteiger partial charge in [-0.05, 0) is 18.2 Å². The van der Waals surface area contributed by atoms with Gasteiger partial charge in [0.05, 0.1) is 10.9 Å². The zero-order valence-corrected chi connectivity index (χ0v) is 10.1. The lowest BCUT2D eigenvalue weighted by atomic mass is 10.2. The van der Waals surface area contributed by atoms with Gasteiger partial charge in [0, 0.05) is 10.4 Å². The zero-order chi connectivity index (χ0) is 13.6. The maximum atomic E-state index is 12.4. The molecule has 19 heavy (non-hydrogen) atoms. The second-order valence-corrected chi connectivity index (χ2v) is 4.39. The van der Waals surface area contributed by atoms with E-state index in [-0.39, 0.29) is 22.0 Å². The van der Waals surface area contributed by atoms with E-state index in [4.69, 9.17) is 11.6 Å². The van der Waals surface area contributed by atoms with Gasteiger partial charge >= 0.3 is 0 Å². The van der Waals surface area contributed by atoms with Gasteiger partial charge < -0.3 is 4.98 Å². The summed E-state index contributed by atoms with van der Waals surface area (Å²) in [6, 6.07) is 4.51. The zero-order valence-electron chi connectivity index (χ0n) is 9.36. The third kappa shape index (κ3) is 1.65. The fourth-order valence-electron chi connectivity index (χ4n) is 1.97. The molecule has 0 bridgehead atoms. The Kier molecular flexibility index (Phi) is 2.46. The molecule has 0 radical (unpaired) electrons. The highest BCUT2D eigenvalue weighted by atomic mass is 35.5. The third-order valence-electron chi connectivity index (χ3n) is 2.83. The Labute approximate surface area is 110 Å². The third-order valence-corrected chi connectivity index (χ3v) is 3.06. The SMILES string of the molecule is O=Cc1[nH]nc2c(=O)[nH]c3cc(Cl)ccc3c(=O)c12. The van der Waals surface area contributed by atoms with Crippen molar-refractivity contribution in [3.8, 4) is 0 Å². The highest BCUT2D eigenvalue weighted by Crippen LogP contribution is 2.15. The van der Waals surface area contributed by atoms with Crippen LogP contribution in [0.3, 0.4) is 0 Å². The van der Waals surface area contributed by atoms with Crippen molar-refractivity contribution in [2.24, 2.45) is 0 Å². The van der Waals surface area contributed by atoms with E-state index >= 15 is 0 Å². The average Bonchev–Trinajstić information content (AvgIpc) is 2.78. The van der Waals surface area contributed by atoms with Crippen molar-refractivity contribution in [2.45, 2.75) is 0 Å². The molecule has 2 aromatic heterocycles. The summed E-state index contributed by atoms with van der Waals surface area (Å²) in [7, 11) is 0. The lowest BCUT2D eigenvalue weighted by molar-refractivity contribution is 0.112. The largest absolute Gasteiger partial charge is 0.320 e. The van der Waals surface area contributed by atoms with Crippen LogP contribution in [0.15, 0.2) is 27.8 Å². The van der Waals surface area contributed by atoms with Crippen LogP contribution >= 0.6 is 11.6 Å². The maximum absolute atomic E-state index is 12.4. The predicted molar refractivity (Wildman–Crippen MR) is 70.9 cm³/mol. The Morgan fingerprint density at radius 3 is 2.79 bits per heavy atom. The van der Waals surface area contributed by atoms with E-state index in [2.05, 4.69) is 15.2 Å². The summed E-state index contributed by atoms with van der Waals surface area (Å²) in [6.07, 6.45) is 0.456. The molecule has 0 saturated heterocycles. The number of fused-ring (bicyclic) bond motifs is 2. The second kappa shape index (κ2) is 4.03. The summed E-state index contributed by atoms with van der Waals surface area (Å²) in [4.78, 5) is 37.8. The van der Waals surface area contributed by atoms with Gasteiger partial charge in [0.25, 0.3) is 5.56 Å². The molecular weight excluding hydrogens is 270 g/mol. The Hall–Kier alpha value is -2.47. The maximum Gasteiger partial charge on any atom is 0.276 e. The molecule has 0 aliphatic carbocycles. The van der Waals surface area contributed by atoms with Gasteiger partial charge in [-0.3, -0.25) is 19.5 Å². The van der Waals surface area contributed by atoms with E-state index < -0.39 is 11.0 Å². The summed E-state index contributed by atoms with van der Waals surface area (Å²) >= 11 is 5.83. The first kappa shape index (κ1) is 11.6. The fraction of sp³-hybridized carbons (Fsp3) is 0. The predicted octanol–water partition coefficient (Wildman–Crippen LogP) is 1.23. The molecule has 7 heteroatoms. The van der Waals surface area contributed by atoms with Crippen molar-refractivity contribution < 1.29 is 4.79 Å². The van der Waals surface area contributed by atoms with E-state index in [9.17, 15) is 14.4 Å². The van der Waals surface area contributed by atoms with Crippen LogP contribution in [0, 0.1) is 0 Å². The molecule has 0 amide bonds. The van der Waals surface area contributed by atoms with Gasteiger partial charge in [-0.15, -0.1) is 0 Å². The summed E-state index contributed by atoms with van der Waals surface area (Å²) in [6.45, 7) is 0. The first-order valence-corrected chi connectivity index (χ1v) is 5.68. The Bertz CT molecular complexity index is 942.